The molecule has 0 radical (unpaired) electrons. The van der Waals surface area contributed by atoms with Gasteiger partial charge >= 0.3 is 0 Å². The van der Waals surface area contributed by atoms with Gasteiger partial charge in [0.1, 0.15) is 6.04 Å². The van der Waals surface area contributed by atoms with Crippen LogP contribution in [-0.4, -0.2) is 42.5 Å². The molecule has 2 aromatic carbocycles. The van der Waals surface area contributed by atoms with Crippen LogP contribution < -0.4 is 5.48 Å². The Hall–Kier alpha value is -1.68. The Morgan fingerprint density at radius 3 is 2.54 bits per heavy atom. The predicted molar refractivity (Wildman–Crippen MR) is 104 cm³/mol. The lowest BCUT2D eigenvalue weighted by Crippen LogP contribution is -2.45. The molecule has 1 aliphatic rings. The van der Waals surface area contributed by atoms with E-state index in [-0.39, 0.29) is 34.5 Å². The lowest BCUT2D eigenvalue weighted by atomic mass is 10.2. The second-order valence-corrected chi connectivity index (χ2v) is 9.00. The molecular formula is C18H18Cl2N2O5S. The summed E-state index contributed by atoms with van der Waals surface area (Å²) in [6, 6.07) is 12.2. The zero-order chi connectivity index (χ0) is 20.3. The first-order valence-corrected chi connectivity index (χ1v) is 10.6. The van der Waals surface area contributed by atoms with Gasteiger partial charge in [-0.05, 0) is 23.8 Å². The monoisotopic (exact) mass is 444 g/mol. The van der Waals surface area contributed by atoms with Crippen molar-refractivity contribution in [3.8, 4) is 0 Å². The topological polar surface area (TPSA) is 95.9 Å². The molecule has 1 saturated heterocycles. The van der Waals surface area contributed by atoms with Gasteiger partial charge in [-0.15, -0.1) is 0 Å². The van der Waals surface area contributed by atoms with Gasteiger partial charge in [0.25, 0.3) is 5.91 Å². The molecule has 7 nitrogen and oxygen atoms in total. The highest BCUT2D eigenvalue weighted by atomic mass is 35.5. The summed E-state index contributed by atoms with van der Waals surface area (Å²) in [6.45, 7) is 0.243. The molecule has 1 unspecified atom stereocenters. The van der Waals surface area contributed by atoms with Crippen molar-refractivity contribution in [1.29, 1.82) is 0 Å². The number of carbonyl (C=O) groups is 1. The number of hydrogen-bond acceptors (Lipinski definition) is 5. The fourth-order valence-corrected chi connectivity index (χ4v) is 5.05. The number of benzene rings is 2. The van der Waals surface area contributed by atoms with Crippen molar-refractivity contribution in [3.05, 3.63) is 64.1 Å². The van der Waals surface area contributed by atoms with Crippen LogP contribution in [0, 0.1) is 0 Å². The Morgan fingerprint density at radius 2 is 1.89 bits per heavy atom. The Balaban J connectivity index is 1.82. The Kier molecular flexibility index (Phi) is 6.59. The third kappa shape index (κ3) is 4.48. The first kappa shape index (κ1) is 21.0. The molecule has 0 aliphatic carbocycles. The molecule has 2 aromatic rings. The maximum absolute atomic E-state index is 13.1. The third-order valence-corrected chi connectivity index (χ3v) is 7.07. The molecule has 150 valence electrons. The average molecular weight is 445 g/mol. The van der Waals surface area contributed by atoms with E-state index in [4.69, 9.17) is 33.1 Å². The molecule has 1 heterocycles. The van der Waals surface area contributed by atoms with Crippen LogP contribution in [0.4, 0.5) is 0 Å². The highest BCUT2D eigenvalue weighted by Crippen LogP contribution is 2.31. The number of halogens is 2. The van der Waals surface area contributed by atoms with E-state index in [2.05, 4.69) is 0 Å². The van der Waals surface area contributed by atoms with Gasteiger partial charge in [0, 0.05) is 13.0 Å². The van der Waals surface area contributed by atoms with Crippen LogP contribution in [0.15, 0.2) is 53.4 Å². The maximum atomic E-state index is 13.1. The lowest BCUT2D eigenvalue weighted by Gasteiger charge is -2.22. The van der Waals surface area contributed by atoms with Crippen molar-refractivity contribution in [2.45, 2.75) is 30.1 Å². The normalized spacial score (nSPS) is 20.2. The quantitative estimate of drug-likeness (QED) is 0.527. The van der Waals surface area contributed by atoms with Crippen LogP contribution in [0.1, 0.15) is 12.0 Å². The van der Waals surface area contributed by atoms with Gasteiger partial charge in [-0.3, -0.25) is 10.0 Å². The molecule has 3 rings (SSSR count). The Bertz CT molecular complexity index is 956. The minimum absolute atomic E-state index is 0.0342. The van der Waals surface area contributed by atoms with Crippen molar-refractivity contribution < 1.29 is 23.2 Å². The summed E-state index contributed by atoms with van der Waals surface area (Å²) in [5.74, 6) is -0.825. The highest BCUT2D eigenvalue weighted by molar-refractivity contribution is 7.89. The van der Waals surface area contributed by atoms with E-state index in [1.165, 1.54) is 23.7 Å². The second-order valence-electron chi connectivity index (χ2n) is 6.30. The van der Waals surface area contributed by atoms with Crippen LogP contribution >= 0.6 is 23.2 Å². The molecular weight excluding hydrogens is 427 g/mol. The molecule has 2 N–H and O–H groups in total. The summed E-state index contributed by atoms with van der Waals surface area (Å²) >= 11 is 11.8. The van der Waals surface area contributed by atoms with E-state index in [1.807, 2.05) is 30.3 Å². The number of ether oxygens (including phenoxy) is 1. The molecule has 1 amide bonds. The summed E-state index contributed by atoms with van der Waals surface area (Å²) in [4.78, 5) is 12.0. The minimum atomic E-state index is -4.06. The van der Waals surface area contributed by atoms with E-state index in [1.54, 1.807) is 0 Å². The molecule has 2 atom stereocenters. The van der Waals surface area contributed by atoms with Gasteiger partial charge in [0.05, 0.1) is 27.7 Å². The van der Waals surface area contributed by atoms with Crippen molar-refractivity contribution in [2.24, 2.45) is 0 Å². The highest BCUT2D eigenvalue weighted by Gasteiger charge is 2.44. The molecule has 0 bridgehead atoms. The summed E-state index contributed by atoms with van der Waals surface area (Å²) < 4.78 is 32.9. The number of amides is 1. The van der Waals surface area contributed by atoms with Crippen LogP contribution in [0.5, 0.6) is 0 Å². The first-order valence-electron chi connectivity index (χ1n) is 8.39. The fraction of sp³-hybridized carbons (Fsp3) is 0.278. The first-order chi connectivity index (χ1) is 13.3. The van der Waals surface area contributed by atoms with Gasteiger partial charge in [-0.2, -0.15) is 4.31 Å². The van der Waals surface area contributed by atoms with Gasteiger partial charge in [-0.1, -0.05) is 53.5 Å². The predicted octanol–water partition coefficient (Wildman–Crippen LogP) is 2.85. The van der Waals surface area contributed by atoms with Crippen molar-refractivity contribution >= 4 is 39.1 Å². The Morgan fingerprint density at radius 1 is 1.18 bits per heavy atom. The summed E-state index contributed by atoms with van der Waals surface area (Å²) in [5.41, 5.74) is 2.45. The van der Waals surface area contributed by atoms with E-state index < -0.39 is 28.1 Å². The molecule has 0 spiro atoms. The number of hydrogen-bond donors (Lipinski definition) is 2. The van der Waals surface area contributed by atoms with Crippen molar-refractivity contribution in [2.75, 3.05) is 6.54 Å². The number of sulfonamides is 1. The van der Waals surface area contributed by atoms with Gasteiger partial charge in [0.2, 0.25) is 10.0 Å². The van der Waals surface area contributed by atoms with Gasteiger partial charge < -0.3 is 4.74 Å². The third-order valence-electron chi connectivity index (χ3n) is 4.46. The average Bonchev–Trinajstić information content (AvgIpc) is 3.14. The zero-order valence-corrected chi connectivity index (χ0v) is 16.9. The molecule has 1 fully saturated rings. The molecule has 1 aliphatic heterocycles. The molecule has 0 saturated carbocycles. The van der Waals surface area contributed by atoms with Crippen LogP contribution in [-0.2, 0) is 26.2 Å². The molecule has 10 heteroatoms. The van der Waals surface area contributed by atoms with E-state index in [9.17, 15) is 13.2 Å². The fourth-order valence-electron chi connectivity index (χ4n) is 3.03. The second kappa shape index (κ2) is 8.77. The molecule has 0 aromatic heterocycles. The Labute approximate surface area is 172 Å². The van der Waals surface area contributed by atoms with Gasteiger partial charge in [0.15, 0.2) is 0 Å². The van der Waals surface area contributed by atoms with Crippen molar-refractivity contribution in [3.63, 3.8) is 0 Å². The van der Waals surface area contributed by atoms with Crippen LogP contribution in [0.3, 0.4) is 0 Å². The standard InChI is InChI=1S/C18H18Cl2N2O5S/c19-15-7-6-14(9-16(15)20)28(25,26)22-10-13(8-17(22)18(23)21-24)27-11-12-4-2-1-3-5-12/h1-7,9,13,17,24H,8,10-11H2,(H,21,23)/t13-,17?/m0/s1. The zero-order valence-electron chi connectivity index (χ0n) is 14.6. The maximum Gasteiger partial charge on any atom is 0.261 e. The number of nitrogens with zero attached hydrogens (tertiary/aromatic N) is 1. The minimum Gasteiger partial charge on any atom is -0.372 e. The van der Waals surface area contributed by atoms with E-state index >= 15 is 0 Å². The molecule has 28 heavy (non-hydrogen) atoms. The number of nitrogens with one attached hydrogen (secondary N) is 1. The largest absolute Gasteiger partial charge is 0.372 e. The lowest BCUT2D eigenvalue weighted by molar-refractivity contribution is -0.132. The van der Waals surface area contributed by atoms with E-state index in [0.29, 0.717) is 0 Å². The SMILES string of the molecule is O=C(NO)C1C[C@H](OCc2ccccc2)CN1S(=O)(=O)c1ccc(Cl)c(Cl)c1. The number of hydroxylamine groups is 1. The number of carbonyl (C=O) groups excluding carboxylic acids is 1. The summed E-state index contributed by atoms with van der Waals surface area (Å²) in [7, 11) is -4.06. The summed E-state index contributed by atoms with van der Waals surface area (Å²) in [6.07, 6.45) is -0.403. The van der Waals surface area contributed by atoms with Gasteiger partial charge in [-0.25, -0.2) is 13.9 Å². The van der Waals surface area contributed by atoms with E-state index in [0.717, 1.165) is 9.87 Å². The van der Waals surface area contributed by atoms with Crippen LogP contribution in [0.2, 0.25) is 10.0 Å². The summed E-state index contributed by atoms with van der Waals surface area (Å²) in [5, 5.41) is 9.33. The number of rotatable bonds is 6. The van der Waals surface area contributed by atoms with Crippen LogP contribution in [0.25, 0.3) is 0 Å². The van der Waals surface area contributed by atoms with Crippen molar-refractivity contribution in [1.82, 2.24) is 9.79 Å². The smallest absolute Gasteiger partial charge is 0.261 e.